The van der Waals surface area contributed by atoms with Gasteiger partial charge in [0.15, 0.2) is 5.78 Å². The van der Waals surface area contributed by atoms with Crippen LogP contribution in [0.3, 0.4) is 0 Å². The molecular weight excluding hydrogens is 304 g/mol. The van der Waals surface area contributed by atoms with E-state index in [0.717, 1.165) is 23.2 Å². The third kappa shape index (κ3) is 2.73. The van der Waals surface area contributed by atoms with Crippen LogP contribution in [0.25, 0.3) is 11.1 Å². The number of benzene rings is 1. The van der Waals surface area contributed by atoms with Crippen LogP contribution in [0.5, 0.6) is 0 Å². The van der Waals surface area contributed by atoms with E-state index in [-0.39, 0.29) is 11.2 Å². The molecule has 23 heavy (non-hydrogen) atoms. The number of fused-ring (bicyclic) bond motifs is 1. The Morgan fingerprint density at radius 1 is 1.17 bits per heavy atom. The Balaban J connectivity index is 2.37. The lowest BCUT2D eigenvalue weighted by molar-refractivity contribution is 0.0911. The van der Waals surface area contributed by atoms with Gasteiger partial charge in [-0.2, -0.15) is 5.26 Å². The maximum atomic E-state index is 12.8. The number of hydrogen-bond donors (Lipinski definition) is 1. The maximum absolute atomic E-state index is 12.8. The van der Waals surface area contributed by atoms with Gasteiger partial charge in [-0.15, -0.1) is 0 Å². The summed E-state index contributed by atoms with van der Waals surface area (Å²) in [5.74, 6) is 0.0783. The number of aryl methyl sites for hydroxylation is 1. The van der Waals surface area contributed by atoms with Gasteiger partial charge in [-0.1, -0.05) is 55.9 Å². The molecular formula is C19H18N2OS. The molecule has 0 unspecified atom stereocenters. The SMILES string of the molecule is Cc1ccc(-c2c3c([nH]c(=S)c2C#N)CC(C)(C)CC3=O)cc1. The van der Waals surface area contributed by atoms with Crippen LogP contribution in [0.1, 0.15) is 47.4 Å². The lowest BCUT2D eigenvalue weighted by atomic mass is 9.73. The van der Waals surface area contributed by atoms with Crippen LogP contribution in [-0.4, -0.2) is 10.8 Å². The van der Waals surface area contributed by atoms with Crippen molar-refractivity contribution in [3.63, 3.8) is 0 Å². The number of ketones is 1. The van der Waals surface area contributed by atoms with Gasteiger partial charge in [-0.05, 0) is 24.3 Å². The molecule has 0 spiro atoms. The highest BCUT2D eigenvalue weighted by Gasteiger charge is 2.34. The van der Waals surface area contributed by atoms with Crippen molar-refractivity contribution in [1.82, 2.24) is 4.98 Å². The fourth-order valence-electron chi connectivity index (χ4n) is 3.27. The van der Waals surface area contributed by atoms with E-state index in [2.05, 4.69) is 24.9 Å². The monoisotopic (exact) mass is 322 g/mol. The van der Waals surface area contributed by atoms with Crippen LogP contribution in [0.4, 0.5) is 0 Å². The van der Waals surface area contributed by atoms with E-state index >= 15 is 0 Å². The molecule has 1 aliphatic rings. The average molecular weight is 322 g/mol. The minimum Gasteiger partial charge on any atom is -0.348 e. The molecule has 0 bridgehead atoms. The quantitative estimate of drug-likeness (QED) is 0.771. The van der Waals surface area contributed by atoms with Crippen molar-refractivity contribution in [3.8, 4) is 17.2 Å². The molecule has 3 rings (SSSR count). The smallest absolute Gasteiger partial charge is 0.165 e. The molecule has 0 saturated heterocycles. The van der Waals surface area contributed by atoms with Crippen molar-refractivity contribution in [3.05, 3.63) is 51.3 Å². The Labute approximate surface area is 141 Å². The number of nitrogens with one attached hydrogen (secondary N) is 1. The third-order valence-electron chi connectivity index (χ3n) is 4.32. The van der Waals surface area contributed by atoms with Gasteiger partial charge in [0.2, 0.25) is 0 Å². The third-order valence-corrected chi connectivity index (χ3v) is 4.62. The lowest BCUT2D eigenvalue weighted by Crippen LogP contribution is -2.29. The van der Waals surface area contributed by atoms with Gasteiger partial charge >= 0.3 is 0 Å². The summed E-state index contributed by atoms with van der Waals surface area (Å²) in [6.45, 7) is 6.17. The average Bonchev–Trinajstić information content (AvgIpc) is 2.45. The minimum absolute atomic E-state index is 0.0783. The zero-order valence-corrected chi connectivity index (χ0v) is 14.3. The predicted molar refractivity (Wildman–Crippen MR) is 92.9 cm³/mol. The van der Waals surface area contributed by atoms with Gasteiger partial charge in [0, 0.05) is 23.2 Å². The summed E-state index contributed by atoms with van der Waals surface area (Å²) in [7, 11) is 0. The highest BCUT2D eigenvalue weighted by molar-refractivity contribution is 7.71. The molecule has 0 fully saturated rings. The van der Waals surface area contributed by atoms with Gasteiger partial charge in [-0.3, -0.25) is 4.79 Å². The molecule has 1 aliphatic carbocycles. The summed E-state index contributed by atoms with van der Waals surface area (Å²) in [5.41, 5.74) is 4.47. The van der Waals surface area contributed by atoms with Crippen molar-refractivity contribution in [2.24, 2.45) is 5.41 Å². The van der Waals surface area contributed by atoms with Gasteiger partial charge < -0.3 is 4.98 Å². The van der Waals surface area contributed by atoms with Crippen molar-refractivity contribution >= 4 is 18.0 Å². The zero-order valence-electron chi connectivity index (χ0n) is 13.5. The van der Waals surface area contributed by atoms with Gasteiger partial charge in [-0.25, -0.2) is 0 Å². The van der Waals surface area contributed by atoms with Crippen LogP contribution >= 0.6 is 12.2 Å². The molecule has 0 amide bonds. The second kappa shape index (κ2) is 5.43. The molecule has 116 valence electrons. The van der Waals surface area contributed by atoms with Gasteiger partial charge in [0.25, 0.3) is 0 Å². The summed E-state index contributed by atoms with van der Waals surface area (Å²) >= 11 is 5.37. The van der Waals surface area contributed by atoms with Crippen molar-refractivity contribution in [2.75, 3.05) is 0 Å². The first-order valence-electron chi connectivity index (χ1n) is 7.62. The van der Waals surface area contributed by atoms with Crippen LogP contribution in [0, 0.1) is 28.3 Å². The Bertz CT molecular complexity index is 899. The number of carbonyl (C=O) groups is 1. The van der Waals surface area contributed by atoms with Crippen molar-refractivity contribution in [1.29, 1.82) is 5.26 Å². The summed E-state index contributed by atoms with van der Waals surface area (Å²) in [6.07, 6.45) is 1.23. The molecule has 0 saturated carbocycles. The number of H-pyrrole nitrogens is 1. The topological polar surface area (TPSA) is 56.6 Å². The molecule has 4 heteroatoms. The highest BCUT2D eigenvalue weighted by Crippen LogP contribution is 2.39. The molecule has 1 N–H and O–H groups in total. The van der Waals surface area contributed by atoms with E-state index in [1.54, 1.807) is 0 Å². The number of pyridine rings is 1. The van der Waals surface area contributed by atoms with E-state index in [9.17, 15) is 10.1 Å². The minimum atomic E-state index is -0.0962. The summed E-state index contributed by atoms with van der Waals surface area (Å²) in [6, 6.07) is 10.1. The van der Waals surface area contributed by atoms with E-state index in [4.69, 9.17) is 12.2 Å². The molecule has 1 heterocycles. The number of Topliss-reactive ketones (excluding diaryl/α,β-unsaturated/α-hetero) is 1. The number of rotatable bonds is 1. The number of carbonyl (C=O) groups excluding carboxylic acids is 1. The Morgan fingerprint density at radius 3 is 2.43 bits per heavy atom. The summed E-state index contributed by atoms with van der Waals surface area (Å²) in [4.78, 5) is 15.9. The molecule has 1 aromatic carbocycles. The van der Waals surface area contributed by atoms with Gasteiger partial charge in [0.1, 0.15) is 10.7 Å². The number of nitrogens with zero attached hydrogens (tertiary/aromatic N) is 1. The fraction of sp³-hybridized carbons (Fsp3) is 0.316. The van der Waals surface area contributed by atoms with E-state index in [1.165, 1.54) is 0 Å². The molecule has 0 atom stereocenters. The van der Waals surface area contributed by atoms with E-state index in [0.29, 0.717) is 27.8 Å². The Morgan fingerprint density at radius 2 is 1.83 bits per heavy atom. The number of aromatic amines is 1. The Hall–Kier alpha value is -2.25. The van der Waals surface area contributed by atoms with E-state index < -0.39 is 0 Å². The van der Waals surface area contributed by atoms with Crippen LogP contribution in [0.15, 0.2) is 24.3 Å². The molecule has 2 aromatic rings. The lowest BCUT2D eigenvalue weighted by Gasteiger charge is -2.31. The first kappa shape index (κ1) is 15.6. The van der Waals surface area contributed by atoms with Crippen LogP contribution < -0.4 is 0 Å². The zero-order chi connectivity index (χ0) is 16.8. The molecule has 3 nitrogen and oxygen atoms in total. The second-order valence-electron chi connectivity index (χ2n) is 6.98. The standard InChI is InChI=1S/C19H18N2OS/c1-11-4-6-12(7-5-11)16-13(10-20)18(23)21-14-8-19(2,3)9-15(22)17(14)16/h4-7H,8-9H2,1-3H3,(H,21,23). The molecule has 0 radical (unpaired) electrons. The molecule has 1 aromatic heterocycles. The molecule has 0 aliphatic heterocycles. The van der Waals surface area contributed by atoms with Crippen molar-refractivity contribution < 1.29 is 4.79 Å². The van der Waals surface area contributed by atoms with E-state index in [1.807, 2.05) is 31.2 Å². The fourth-order valence-corrected chi connectivity index (χ4v) is 3.54. The van der Waals surface area contributed by atoms with Crippen LogP contribution in [-0.2, 0) is 6.42 Å². The van der Waals surface area contributed by atoms with Crippen LogP contribution in [0.2, 0.25) is 0 Å². The number of nitriles is 1. The normalized spacial score (nSPS) is 15.8. The predicted octanol–water partition coefficient (Wildman–Crippen LogP) is 4.75. The summed E-state index contributed by atoms with van der Waals surface area (Å²) < 4.78 is 0.410. The largest absolute Gasteiger partial charge is 0.348 e. The number of aromatic nitrogens is 1. The first-order chi connectivity index (χ1) is 10.8. The number of hydrogen-bond acceptors (Lipinski definition) is 3. The summed E-state index contributed by atoms with van der Waals surface area (Å²) in [5, 5.41) is 9.56. The first-order valence-corrected chi connectivity index (χ1v) is 8.03. The second-order valence-corrected chi connectivity index (χ2v) is 7.38. The Kier molecular flexibility index (Phi) is 3.69. The van der Waals surface area contributed by atoms with Gasteiger partial charge in [0.05, 0.1) is 5.56 Å². The highest BCUT2D eigenvalue weighted by atomic mass is 32.1. The van der Waals surface area contributed by atoms with Crippen molar-refractivity contribution in [2.45, 2.75) is 33.6 Å². The maximum Gasteiger partial charge on any atom is 0.165 e.